The third-order valence-electron chi connectivity index (χ3n) is 5.20. The second-order valence-corrected chi connectivity index (χ2v) is 7.34. The van der Waals surface area contributed by atoms with Gasteiger partial charge >= 0.3 is 0 Å². The van der Waals surface area contributed by atoms with Crippen molar-refractivity contribution in [3.63, 3.8) is 0 Å². The Morgan fingerprint density at radius 3 is 2.65 bits per heavy atom. The maximum Gasteiger partial charge on any atom is 0.156 e. The maximum atomic E-state index is 6.11. The first-order valence-corrected chi connectivity index (χ1v) is 9.22. The lowest BCUT2D eigenvalue weighted by atomic mass is 9.78. The van der Waals surface area contributed by atoms with E-state index in [9.17, 15) is 0 Å². The number of hydrogen-bond acceptors (Lipinski definition) is 6. The van der Waals surface area contributed by atoms with Crippen molar-refractivity contribution in [1.29, 1.82) is 0 Å². The Bertz CT molecular complexity index is 770. The summed E-state index contributed by atoms with van der Waals surface area (Å²) in [6, 6.07) is 10.6. The van der Waals surface area contributed by atoms with Crippen LogP contribution in [0.4, 0.5) is 5.82 Å². The van der Waals surface area contributed by atoms with E-state index < -0.39 is 0 Å². The molecule has 1 aliphatic carbocycles. The topological polar surface area (TPSA) is 73.5 Å². The number of para-hydroxylation sites is 1. The quantitative estimate of drug-likeness (QED) is 0.859. The monoisotopic (exact) mass is 354 g/mol. The minimum absolute atomic E-state index is 0.192. The number of benzene rings is 1. The molecule has 1 saturated carbocycles. The number of ether oxygens (including phenoxy) is 2. The van der Waals surface area contributed by atoms with Crippen LogP contribution < -0.4 is 15.4 Å². The Morgan fingerprint density at radius 2 is 1.96 bits per heavy atom. The van der Waals surface area contributed by atoms with Crippen LogP contribution in [-0.4, -0.2) is 42.3 Å². The van der Waals surface area contributed by atoms with E-state index in [-0.39, 0.29) is 6.10 Å². The number of aromatic nitrogens is 2. The van der Waals surface area contributed by atoms with Crippen molar-refractivity contribution < 1.29 is 9.47 Å². The van der Waals surface area contributed by atoms with E-state index in [1.54, 1.807) is 7.11 Å². The highest BCUT2D eigenvalue weighted by Gasteiger charge is 2.33. The van der Waals surface area contributed by atoms with E-state index >= 15 is 0 Å². The molecule has 0 bridgehead atoms. The molecule has 26 heavy (non-hydrogen) atoms. The summed E-state index contributed by atoms with van der Waals surface area (Å²) in [6.07, 6.45) is 2.20. The summed E-state index contributed by atoms with van der Waals surface area (Å²) < 4.78 is 11.4. The molecule has 1 aromatic carbocycles. The SMILES string of the molecule is COCc1nc(C2CC(N)C2)cc(N2CC(Oc3ccccc3C)C2)n1. The Labute approximate surface area is 154 Å². The molecule has 0 atom stereocenters. The van der Waals surface area contributed by atoms with E-state index in [2.05, 4.69) is 33.9 Å². The van der Waals surface area contributed by atoms with Crippen molar-refractivity contribution in [2.45, 2.75) is 44.4 Å². The van der Waals surface area contributed by atoms with Gasteiger partial charge in [0.25, 0.3) is 0 Å². The smallest absolute Gasteiger partial charge is 0.156 e. The molecule has 2 aromatic rings. The van der Waals surface area contributed by atoms with Crippen LogP contribution in [0.2, 0.25) is 0 Å². The van der Waals surface area contributed by atoms with E-state index in [1.165, 1.54) is 5.56 Å². The number of hydrogen-bond donors (Lipinski definition) is 1. The van der Waals surface area contributed by atoms with Gasteiger partial charge in [0.1, 0.15) is 24.3 Å². The van der Waals surface area contributed by atoms with Crippen molar-refractivity contribution in [3.05, 3.63) is 47.4 Å². The minimum Gasteiger partial charge on any atom is -0.486 e. The summed E-state index contributed by atoms with van der Waals surface area (Å²) in [7, 11) is 1.67. The Balaban J connectivity index is 1.44. The van der Waals surface area contributed by atoms with E-state index in [4.69, 9.17) is 15.2 Å². The molecular weight excluding hydrogens is 328 g/mol. The predicted octanol–water partition coefficient (Wildman–Crippen LogP) is 2.40. The van der Waals surface area contributed by atoms with Crippen molar-refractivity contribution in [3.8, 4) is 5.75 Å². The van der Waals surface area contributed by atoms with E-state index in [1.807, 2.05) is 18.2 Å². The van der Waals surface area contributed by atoms with Gasteiger partial charge in [-0.1, -0.05) is 18.2 Å². The molecule has 1 aliphatic heterocycles. The highest BCUT2D eigenvalue weighted by Crippen LogP contribution is 2.36. The number of aryl methyl sites for hydroxylation is 1. The molecule has 2 heterocycles. The summed E-state index contributed by atoms with van der Waals surface area (Å²) in [5.74, 6) is 3.11. The number of anilines is 1. The van der Waals surface area contributed by atoms with Gasteiger partial charge in [-0.05, 0) is 31.4 Å². The molecule has 0 amide bonds. The number of nitrogens with two attached hydrogens (primary N) is 1. The summed E-state index contributed by atoms with van der Waals surface area (Å²) in [4.78, 5) is 11.6. The molecule has 138 valence electrons. The maximum absolute atomic E-state index is 6.11. The highest BCUT2D eigenvalue weighted by molar-refractivity contribution is 5.45. The molecule has 2 fully saturated rings. The standard InChI is InChI=1S/C20H26N4O2/c1-13-5-3-4-6-18(13)26-16-10-24(11-16)20-9-17(14-7-15(21)8-14)22-19(23-20)12-25-2/h3-6,9,14-16H,7-8,10-12,21H2,1-2H3. The Morgan fingerprint density at radius 1 is 1.19 bits per heavy atom. The molecule has 2 aliphatic rings. The largest absolute Gasteiger partial charge is 0.486 e. The molecule has 4 rings (SSSR count). The van der Waals surface area contributed by atoms with Gasteiger partial charge in [-0.15, -0.1) is 0 Å². The second-order valence-electron chi connectivity index (χ2n) is 7.34. The van der Waals surface area contributed by atoms with Crippen LogP contribution in [0.15, 0.2) is 30.3 Å². The third-order valence-corrected chi connectivity index (χ3v) is 5.20. The van der Waals surface area contributed by atoms with Gasteiger partial charge in [-0.2, -0.15) is 0 Å². The van der Waals surface area contributed by atoms with Crippen LogP contribution in [0, 0.1) is 6.92 Å². The lowest BCUT2D eigenvalue weighted by Gasteiger charge is -2.40. The average molecular weight is 354 g/mol. The van der Waals surface area contributed by atoms with Gasteiger partial charge in [0.15, 0.2) is 5.82 Å². The number of nitrogens with zero attached hydrogens (tertiary/aromatic N) is 3. The van der Waals surface area contributed by atoms with Crippen LogP contribution in [0.25, 0.3) is 0 Å². The Hall–Kier alpha value is -2.18. The molecule has 0 spiro atoms. The molecule has 0 radical (unpaired) electrons. The van der Waals surface area contributed by atoms with Crippen LogP contribution in [0.5, 0.6) is 5.75 Å². The molecule has 6 heteroatoms. The normalized spacial score (nSPS) is 22.7. The van der Waals surface area contributed by atoms with Crippen LogP contribution in [0.3, 0.4) is 0 Å². The van der Waals surface area contributed by atoms with Gasteiger partial charge in [-0.25, -0.2) is 9.97 Å². The fourth-order valence-electron chi connectivity index (χ4n) is 3.54. The number of rotatable bonds is 6. The Kier molecular flexibility index (Phi) is 4.78. The molecule has 0 unspecified atom stereocenters. The average Bonchev–Trinajstić information content (AvgIpc) is 2.56. The zero-order valence-electron chi connectivity index (χ0n) is 15.4. The highest BCUT2D eigenvalue weighted by atomic mass is 16.5. The fourth-order valence-corrected chi connectivity index (χ4v) is 3.54. The van der Waals surface area contributed by atoms with Crippen molar-refractivity contribution >= 4 is 5.82 Å². The first kappa shape index (κ1) is 17.2. The van der Waals surface area contributed by atoms with Crippen molar-refractivity contribution in [1.82, 2.24) is 9.97 Å². The first-order valence-electron chi connectivity index (χ1n) is 9.22. The first-order chi connectivity index (χ1) is 12.6. The predicted molar refractivity (Wildman–Crippen MR) is 101 cm³/mol. The summed E-state index contributed by atoms with van der Waals surface area (Å²) >= 11 is 0. The summed E-state index contributed by atoms with van der Waals surface area (Å²) in [6.45, 7) is 4.17. The summed E-state index contributed by atoms with van der Waals surface area (Å²) in [5, 5.41) is 0. The van der Waals surface area contributed by atoms with E-state index in [0.29, 0.717) is 18.6 Å². The second kappa shape index (κ2) is 7.21. The molecule has 6 nitrogen and oxygen atoms in total. The molecular formula is C20H26N4O2. The van der Waals surface area contributed by atoms with Crippen LogP contribution >= 0.6 is 0 Å². The van der Waals surface area contributed by atoms with E-state index in [0.717, 1.165) is 49.0 Å². The summed E-state index contributed by atoms with van der Waals surface area (Å²) in [5.41, 5.74) is 8.20. The number of methoxy groups -OCH3 is 1. The van der Waals surface area contributed by atoms with Crippen LogP contribution in [-0.2, 0) is 11.3 Å². The lowest BCUT2D eigenvalue weighted by molar-refractivity contribution is 0.164. The molecule has 1 aromatic heterocycles. The lowest BCUT2D eigenvalue weighted by Crippen LogP contribution is -2.54. The van der Waals surface area contributed by atoms with Gasteiger partial charge in [-0.3, -0.25) is 0 Å². The van der Waals surface area contributed by atoms with Crippen LogP contribution in [0.1, 0.15) is 35.8 Å². The van der Waals surface area contributed by atoms with Gasteiger partial charge in [0, 0.05) is 30.8 Å². The molecule has 1 saturated heterocycles. The zero-order chi connectivity index (χ0) is 18.1. The minimum atomic E-state index is 0.192. The van der Waals surface area contributed by atoms with Gasteiger partial charge in [0.2, 0.25) is 0 Å². The van der Waals surface area contributed by atoms with Crippen molar-refractivity contribution in [2.75, 3.05) is 25.1 Å². The zero-order valence-corrected chi connectivity index (χ0v) is 15.4. The van der Waals surface area contributed by atoms with Crippen molar-refractivity contribution in [2.24, 2.45) is 5.73 Å². The third kappa shape index (κ3) is 3.52. The van der Waals surface area contributed by atoms with Gasteiger partial charge in [0.05, 0.1) is 13.1 Å². The molecule has 2 N–H and O–H groups in total. The fraction of sp³-hybridized carbons (Fsp3) is 0.500. The van der Waals surface area contributed by atoms with Gasteiger partial charge < -0.3 is 20.1 Å².